The van der Waals surface area contributed by atoms with Gasteiger partial charge in [0.1, 0.15) is 0 Å². The number of hydrogen-bond acceptors (Lipinski definition) is 5. The molecule has 0 atom stereocenters. The Bertz CT molecular complexity index is 1220. The average molecular weight is 540 g/mol. The van der Waals surface area contributed by atoms with Gasteiger partial charge in [-0.25, -0.2) is 9.97 Å². The van der Waals surface area contributed by atoms with E-state index in [0.29, 0.717) is 12.5 Å². The predicted molar refractivity (Wildman–Crippen MR) is 163 cm³/mol. The monoisotopic (exact) mass is 539 g/mol. The molecular formula is C34H45N5O. The lowest BCUT2D eigenvalue weighted by molar-refractivity contribution is -0.137. The molecule has 1 amide bonds. The van der Waals surface area contributed by atoms with Gasteiger partial charge < -0.3 is 14.7 Å². The van der Waals surface area contributed by atoms with Crippen molar-refractivity contribution >= 4 is 17.5 Å². The number of carbonyl (C=O) groups excluding carboxylic acids is 1. The SMILES string of the molecule is Cc1cc(C)nc(N2CCC(C(=O)N3CCCCCCCCN(Cc4ccccc4)c4ccccc4C3)CC2)n1. The Balaban J connectivity index is 1.32. The quantitative estimate of drug-likeness (QED) is 0.369. The molecule has 6 heteroatoms. The number of fused-ring (bicyclic) bond motifs is 1. The number of benzene rings is 2. The molecule has 0 aliphatic carbocycles. The number of amides is 1. The molecule has 5 rings (SSSR count). The minimum absolute atomic E-state index is 0.0606. The second-order valence-electron chi connectivity index (χ2n) is 11.6. The molecule has 0 N–H and O–H groups in total. The van der Waals surface area contributed by atoms with Gasteiger partial charge in [-0.3, -0.25) is 4.79 Å². The lowest BCUT2D eigenvalue weighted by atomic mass is 9.95. The van der Waals surface area contributed by atoms with Gasteiger partial charge >= 0.3 is 0 Å². The van der Waals surface area contributed by atoms with Crippen LogP contribution in [0.4, 0.5) is 11.6 Å². The van der Waals surface area contributed by atoms with Gasteiger partial charge in [0.25, 0.3) is 0 Å². The largest absolute Gasteiger partial charge is 0.367 e. The third-order valence-electron chi connectivity index (χ3n) is 8.43. The van der Waals surface area contributed by atoms with E-state index in [2.05, 4.69) is 79.3 Å². The van der Waals surface area contributed by atoms with Crippen molar-refractivity contribution < 1.29 is 4.79 Å². The first-order chi connectivity index (χ1) is 19.6. The van der Waals surface area contributed by atoms with E-state index in [1.807, 2.05) is 19.9 Å². The van der Waals surface area contributed by atoms with Crippen molar-refractivity contribution in [3.63, 3.8) is 0 Å². The Kier molecular flexibility index (Phi) is 9.69. The van der Waals surface area contributed by atoms with Crippen molar-refractivity contribution in [2.24, 2.45) is 5.92 Å². The number of rotatable bonds is 4. The maximum Gasteiger partial charge on any atom is 0.226 e. The van der Waals surface area contributed by atoms with Crippen molar-refractivity contribution in [1.29, 1.82) is 0 Å². The molecule has 0 spiro atoms. The summed E-state index contributed by atoms with van der Waals surface area (Å²) in [5.41, 5.74) is 5.85. The molecule has 0 radical (unpaired) electrons. The molecule has 40 heavy (non-hydrogen) atoms. The zero-order chi connectivity index (χ0) is 27.7. The maximum atomic E-state index is 14.0. The summed E-state index contributed by atoms with van der Waals surface area (Å²) in [6.45, 7) is 9.15. The third kappa shape index (κ3) is 7.41. The molecule has 0 unspecified atom stereocenters. The lowest BCUT2D eigenvalue weighted by Crippen LogP contribution is -2.43. The van der Waals surface area contributed by atoms with E-state index >= 15 is 0 Å². The first kappa shape index (κ1) is 28.1. The number of nitrogens with zero attached hydrogens (tertiary/aromatic N) is 5. The van der Waals surface area contributed by atoms with Crippen LogP contribution in [-0.2, 0) is 17.9 Å². The molecule has 2 aliphatic heterocycles. The van der Waals surface area contributed by atoms with Crippen molar-refractivity contribution in [1.82, 2.24) is 14.9 Å². The highest BCUT2D eigenvalue weighted by Gasteiger charge is 2.30. The highest BCUT2D eigenvalue weighted by atomic mass is 16.2. The Labute approximate surface area is 240 Å². The molecule has 1 fully saturated rings. The molecule has 0 saturated carbocycles. The van der Waals surface area contributed by atoms with Crippen molar-refractivity contribution in [2.75, 3.05) is 36.0 Å². The highest BCUT2D eigenvalue weighted by Crippen LogP contribution is 2.28. The van der Waals surface area contributed by atoms with Gasteiger partial charge in [-0.15, -0.1) is 0 Å². The van der Waals surface area contributed by atoms with Crippen LogP contribution < -0.4 is 9.80 Å². The standard InChI is InChI=1S/C34H45N5O/c1-27-24-28(2)36-34(35-27)37-22-18-30(19-23-37)33(40)39-21-13-6-4-3-5-12-20-38(25-29-14-8-7-9-15-29)32-17-11-10-16-31(32)26-39/h7-11,14-17,24,30H,3-6,12-13,18-23,25-26H2,1-2H3. The molecule has 3 heterocycles. The number of aromatic nitrogens is 2. The molecule has 3 aromatic rings. The normalized spacial score (nSPS) is 17.9. The number of para-hydroxylation sites is 1. The van der Waals surface area contributed by atoms with E-state index in [-0.39, 0.29) is 5.92 Å². The molecule has 6 nitrogen and oxygen atoms in total. The Morgan fingerprint density at radius 1 is 0.775 bits per heavy atom. The summed E-state index contributed by atoms with van der Waals surface area (Å²) >= 11 is 0. The van der Waals surface area contributed by atoms with E-state index < -0.39 is 0 Å². The van der Waals surface area contributed by atoms with E-state index in [4.69, 9.17) is 0 Å². The van der Waals surface area contributed by atoms with Crippen LogP contribution in [0.5, 0.6) is 0 Å². The van der Waals surface area contributed by atoms with Crippen LogP contribution in [0.1, 0.15) is 73.9 Å². The fraction of sp³-hybridized carbons (Fsp3) is 0.500. The van der Waals surface area contributed by atoms with Crippen LogP contribution >= 0.6 is 0 Å². The summed E-state index contributed by atoms with van der Waals surface area (Å²) < 4.78 is 0. The number of carbonyl (C=O) groups is 1. The summed E-state index contributed by atoms with van der Waals surface area (Å²) in [7, 11) is 0. The maximum absolute atomic E-state index is 14.0. The Morgan fingerprint density at radius 2 is 1.40 bits per heavy atom. The summed E-state index contributed by atoms with van der Waals surface area (Å²) in [6, 6.07) is 21.5. The fourth-order valence-electron chi connectivity index (χ4n) is 6.26. The molecule has 0 bridgehead atoms. The first-order valence-electron chi connectivity index (χ1n) is 15.3. The minimum Gasteiger partial charge on any atom is -0.367 e. The van der Waals surface area contributed by atoms with Crippen LogP contribution in [0.2, 0.25) is 0 Å². The number of hydrogen-bond donors (Lipinski definition) is 0. The van der Waals surface area contributed by atoms with Gasteiger partial charge in [-0.05, 0) is 62.8 Å². The minimum atomic E-state index is 0.0606. The van der Waals surface area contributed by atoms with Crippen LogP contribution in [0.3, 0.4) is 0 Å². The second kappa shape index (κ2) is 13.8. The van der Waals surface area contributed by atoms with Crippen LogP contribution in [0, 0.1) is 19.8 Å². The van der Waals surface area contributed by atoms with E-state index in [1.165, 1.54) is 48.9 Å². The molecule has 212 valence electrons. The molecule has 1 saturated heterocycles. The van der Waals surface area contributed by atoms with Gasteiger partial charge in [-0.1, -0.05) is 74.2 Å². The van der Waals surface area contributed by atoms with Crippen molar-refractivity contribution in [3.8, 4) is 0 Å². The molecule has 2 aromatic carbocycles. The number of anilines is 2. The Morgan fingerprint density at radius 3 is 2.12 bits per heavy atom. The summed E-state index contributed by atoms with van der Waals surface area (Å²) in [6.07, 6.45) is 8.97. The topological polar surface area (TPSA) is 52.6 Å². The summed E-state index contributed by atoms with van der Waals surface area (Å²) in [4.78, 5) is 30.3. The first-order valence-corrected chi connectivity index (χ1v) is 15.3. The van der Waals surface area contributed by atoms with E-state index in [1.54, 1.807) is 0 Å². The third-order valence-corrected chi connectivity index (χ3v) is 8.43. The number of aryl methyl sites for hydroxylation is 2. The van der Waals surface area contributed by atoms with E-state index in [9.17, 15) is 4.79 Å². The lowest BCUT2D eigenvalue weighted by Gasteiger charge is -2.35. The number of piperidine rings is 1. The van der Waals surface area contributed by atoms with Crippen LogP contribution in [0.25, 0.3) is 0 Å². The van der Waals surface area contributed by atoms with Gasteiger partial charge in [-0.2, -0.15) is 0 Å². The van der Waals surface area contributed by atoms with Crippen LogP contribution in [-0.4, -0.2) is 47.0 Å². The predicted octanol–water partition coefficient (Wildman–Crippen LogP) is 6.70. The van der Waals surface area contributed by atoms with Gasteiger partial charge in [0.15, 0.2) is 0 Å². The van der Waals surface area contributed by atoms with E-state index in [0.717, 1.165) is 69.3 Å². The molecule has 2 aliphatic rings. The second-order valence-corrected chi connectivity index (χ2v) is 11.6. The molecule has 1 aromatic heterocycles. The van der Waals surface area contributed by atoms with Gasteiger partial charge in [0, 0.05) is 62.3 Å². The highest BCUT2D eigenvalue weighted by molar-refractivity contribution is 5.79. The average Bonchev–Trinajstić information content (AvgIpc) is 2.98. The van der Waals surface area contributed by atoms with Crippen LogP contribution in [0.15, 0.2) is 60.7 Å². The smallest absolute Gasteiger partial charge is 0.226 e. The summed E-state index contributed by atoms with van der Waals surface area (Å²) in [5, 5.41) is 0. The zero-order valence-corrected chi connectivity index (χ0v) is 24.4. The zero-order valence-electron chi connectivity index (χ0n) is 24.4. The van der Waals surface area contributed by atoms with Crippen molar-refractivity contribution in [2.45, 2.75) is 78.3 Å². The molecular weight excluding hydrogens is 494 g/mol. The van der Waals surface area contributed by atoms with Crippen molar-refractivity contribution in [3.05, 3.63) is 83.2 Å². The Hall–Kier alpha value is -3.41. The van der Waals surface area contributed by atoms with Gasteiger partial charge in [0.2, 0.25) is 11.9 Å². The fourth-order valence-corrected chi connectivity index (χ4v) is 6.26. The summed E-state index contributed by atoms with van der Waals surface area (Å²) in [5.74, 6) is 1.18. The van der Waals surface area contributed by atoms with Gasteiger partial charge in [0.05, 0.1) is 0 Å².